The Hall–Kier alpha value is -4.06. The maximum atomic E-state index is 12.9. The zero-order chi connectivity index (χ0) is 21.4. The van der Waals surface area contributed by atoms with Gasteiger partial charge in [-0.2, -0.15) is 0 Å². The molecule has 0 saturated carbocycles. The number of fused-ring (bicyclic) bond motifs is 2. The van der Waals surface area contributed by atoms with Gasteiger partial charge < -0.3 is 18.9 Å². The molecule has 0 saturated heterocycles. The van der Waals surface area contributed by atoms with Crippen LogP contribution in [0, 0.1) is 6.92 Å². The van der Waals surface area contributed by atoms with Crippen LogP contribution < -0.4 is 18.9 Å². The highest BCUT2D eigenvalue weighted by molar-refractivity contribution is 6.15. The van der Waals surface area contributed by atoms with Crippen molar-refractivity contribution in [2.75, 3.05) is 13.4 Å². The maximum absolute atomic E-state index is 12.9. The standard InChI is InChI=1S/C25H18O6/c1-15-9-18(28-13-19(26)17-5-3-2-4-6-17)12-22-24(15)25(27)23(31-22)11-16-7-8-20-21(10-16)30-14-29-20/h2-12H,13-14H2,1H3/b23-11-. The van der Waals surface area contributed by atoms with E-state index in [1.165, 1.54) is 0 Å². The van der Waals surface area contributed by atoms with E-state index < -0.39 is 0 Å². The molecule has 2 aliphatic rings. The maximum Gasteiger partial charge on any atom is 0.232 e. The van der Waals surface area contributed by atoms with E-state index in [-0.39, 0.29) is 30.7 Å². The molecule has 6 nitrogen and oxygen atoms in total. The number of allylic oxidation sites excluding steroid dienone is 1. The second-order valence-corrected chi connectivity index (χ2v) is 7.24. The van der Waals surface area contributed by atoms with Gasteiger partial charge in [0.1, 0.15) is 11.5 Å². The number of ketones is 2. The molecule has 31 heavy (non-hydrogen) atoms. The first-order chi connectivity index (χ1) is 15.1. The Morgan fingerprint density at radius 3 is 2.65 bits per heavy atom. The average Bonchev–Trinajstić information content (AvgIpc) is 3.37. The summed E-state index contributed by atoms with van der Waals surface area (Å²) in [5, 5.41) is 0. The first-order valence-electron chi connectivity index (χ1n) is 9.78. The Kier molecular flexibility index (Phi) is 4.67. The van der Waals surface area contributed by atoms with E-state index in [9.17, 15) is 9.59 Å². The molecule has 6 heteroatoms. The molecule has 0 amide bonds. The fourth-order valence-electron chi connectivity index (χ4n) is 3.57. The molecule has 0 bridgehead atoms. The van der Waals surface area contributed by atoms with E-state index in [4.69, 9.17) is 18.9 Å². The Morgan fingerprint density at radius 1 is 1.00 bits per heavy atom. The van der Waals surface area contributed by atoms with E-state index in [0.29, 0.717) is 34.1 Å². The quantitative estimate of drug-likeness (QED) is 0.449. The Bertz CT molecular complexity index is 1230. The highest BCUT2D eigenvalue weighted by atomic mass is 16.7. The molecule has 0 aliphatic carbocycles. The van der Waals surface area contributed by atoms with E-state index in [1.54, 1.807) is 54.6 Å². The van der Waals surface area contributed by atoms with Gasteiger partial charge in [-0.25, -0.2) is 0 Å². The van der Waals surface area contributed by atoms with Crippen LogP contribution in [-0.4, -0.2) is 25.0 Å². The number of Topliss-reactive ketones (excluding diaryl/α,β-unsaturated/α-hetero) is 2. The van der Waals surface area contributed by atoms with Crippen LogP contribution in [0.2, 0.25) is 0 Å². The summed E-state index contributed by atoms with van der Waals surface area (Å²) >= 11 is 0. The van der Waals surface area contributed by atoms with Crippen molar-refractivity contribution in [1.82, 2.24) is 0 Å². The molecule has 2 aliphatic heterocycles. The van der Waals surface area contributed by atoms with Crippen LogP contribution in [0.15, 0.2) is 66.4 Å². The number of benzene rings is 3. The van der Waals surface area contributed by atoms with Gasteiger partial charge in [-0.1, -0.05) is 36.4 Å². The normalized spacial score (nSPS) is 15.0. The van der Waals surface area contributed by atoms with Crippen LogP contribution in [0.1, 0.15) is 31.8 Å². The Morgan fingerprint density at radius 2 is 1.81 bits per heavy atom. The van der Waals surface area contributed by atoms with Crippen molar-refractivity contribution in [2.24, 2.45) is 0 Å². The molecular formula is C25H18O6. The number of hydrogen-bond acceptors (Lipinski definition) is 6. The number of ether oxygens (including phenoxy) is 4. The molecule has 0 aromatic heterocycles. The lowest BCUT2D eigenvalue weighted by atomic mass is 10.0. The number of carbonyl (C=O) groups excluding carboxylic acids is 2. The van der Waals surface area contributed by atoms with Crippen molar-refractivity contribution < 1.29 is 28.5 Å². The van der Waals surface area contributed by atoms with E-state index in [0.717, 1.165) is 11.1 Å². The average molecular weight is 414 g/mol. The topological polar surface area (TPSA) is 71.1 Å². The number of hydrogen-bond donors (Lipinski definition) is 0. The number of carbonyl (C=O) groups is 2. The van der Waals surface area contributed by atoms with Gasteiger partial charge in [0.15, 0.2) is 29.6 Å². The summed E-state index contributed by atoms with van der Waals surface area (Å²) in [4.78, 5) is 25.2. The van der Waals surface area contributed by atoms with Crippen molar-refractivity contribution in [3.05, 3.63) is 88.7 Å². The highest BCUT2D eigenvalue weighted by Gasteiger charge is 2.30. The zero-order valence-corrected chi connectivity index (χ0v) is 16.7. The van der Waals surface area contributed by atoms with Crippen molar-refractivity contribution in [3.63, 3.8) is 0 Å². The summed E-state index contributed by atoms with van der Waals surface area (Å²) in [6.07, 6.45) is 1.67. The van der Waals surface area contributed by atoms with E-state index in [1.807, 2.05) is 19.1 Å². The molecule has 154 valence electrons. The molecule has 3 aromatic rings. The van der Waals surface area contributed by atoms with E-state index in [2.05, 4.69) is 0 Å². The zero-order valence-electron chi connectivity index (χ0n) is 16.7. The summed E-state index contributed by atoms with van der Waals surface area (Å²) in [6, 6.07) is 17.7. The molecule has 0 N–H and O–H groups in total. The van der Waals surface area contributed by atoms with Gasteiger partial charge in [0.25, 0.3) is 0 Å². The summed E-state index contributed by atoms with van der Waals surface area (Å²) < 4.78 is 22.2. The molecule has 0 spiro atoms. The van der Waals surface area contributed by atoms with Crippen molar-refractivity contribution >= 4 is 17.6 Å². The molecular weight excluding hydrogens is 396 g/mol. The minimum absolute atomic E-state index is 0.101. The van der Waals surface area contributed by atoms with Crippen molar-refractivity contribution in [1.29, 1.82) is 0 Å². The van der Waals surface area contributed by atoms with Gasteiger partial charge in [-0.05, 0) is 42.3 Å². The molecule has 5 rings (SSSR count). The van der Waals surface area contributed by atoms with Crippen LogP contribution in [0.4, 0.5) is 0 Å². The van der Waals surface area contributed by atoms with Gasteiger partial charge >= 0.3 is 0 Å². The highest BCUT2D eigenvalue weighted by Crippen LogP contribution is 2.38. The van der Waals surface area contributed by atoms with Gasteiger partial charge in [-0.15, -0.1) is 0 Å². The molecule has 0 atom stereocenters. The summed E-state index contributed by atoms with van der Waals surface area (Å²) in [6.45, 7) is 1.90. The summed E-state index contributed by atoms with van der Waals surface area (Å²) in [7, 11) is 0. The number of rotatable bonds is 5. The molecule has 0 unspecified atom stereocenters. The van der Waals surface area contributed by atoms with Gasteiger partial charge in [0, 0.05) is 11.6 Å². The minimum Gasteiger partial charge on any atom is -0.485 e. The first-order valence-corrected chi connectivity index (χ1v) is 9.78. The molecule has 0 fully saturated rings. The van der Waals surface area contributed by atoms with Crippen LogP contribution in [0.25, 0.3) is 6.08 Å². The summed E-state index contributed by atoms with van der Waals surface area (Å²) in [5.74, 6) is 2.08. The third kappa shape index (κ3) is 3.64. The minimum atomic E-state index is -0.197. The monoisotopic (exact) mass is 414 g/mol. The predicted octanol–water partition coefficient (Wildman–Crippen LogP) is 4.60. The van der Waals surface area contributed by atoms with Gasteiger partial charge in [-0.3, -0.25) is 9.59 Å². The fourth-order valence-corrected chi connectivity index (χ4v) is 3.57. The second-order valence-electron chi connectivity index (χ2n) is 7.24. The largest absolute Gasteiger partial charge is 0.485 e. The van der Waals surface area contributed by atoms with Crippen LogP contribution in [0.5, 0.6) is 23.0 Å². The fraction of sp³-hybridized carbons (Fsp3) is 0.120. The van der Waals surface area contributed by atoms with Crippen LogP contribution in [0.3, 0.4) is 0 Å². The predicted molar refractivity (Wildman–Crippen MR) is 113 cm³/mol. The second kappa shape index (κ2) is 7.65. The Balaban J connectivity index is 1.35. The third-order valence-corrected chi connectivity index (χ3v) is 5.10. The molecule has 3 aromatic carbocycles. The van der Waals surface area contributed by atoms with Crippen molar-refractivity contribution in [2.45, 2.75) is 6.92 Å². The smallest absolute Gasteiger partial charge is 0.232 e. The SMILES string of the molecule is Cc1cc(OCC(=O)c2ccccc2)cc2c1C(=O)/C(=C/c1ccc3c(c1)OCO3)O2. The molecule has 0 radical (unpaired) electrons. The third-order valence-electron chi connectivity index (χ3n) is 5.10. The van der Waals surface area contributed by atoms with Gasteiger partial charge in [0.2, 0.25) is 12.6 Å². The van der Waals surface area contributed by atoms with Crippen LogP contribution in [-0.2, 0) is 0 Å². The van der Waals surface area contributed by atoms with Gasteiger partial charge in [0.05, 0.1) is 5.56 Å². The first kappa shape index (κ1) is 18.9. The van der Waals surface area contributed by atoms with E-state index >= 15 is 0 Å². The lowest BCUT2D eigenvalue weighted by molar-refractivity contribution is 0.0920. The lowest BCUT2D eigenvalue weighted by Crippen LogP contribution is -2.11. The summed E-state index contributed by atoms with van der Waals surface area (Å²) in [5.41, 5.74) is 2.57. The van der Waals surface area contributed by atoms with Crippen LogP contribution >= 0.6 is 0 Å². The van der Waals surface area contributed by atoms with Crippen molar-refractivity contribution in [3.8, 4) is 23.0 Å². The number of aryl methyl sites for hydroxylation is 1. The lowest BCUT2D eigenvalue weighted by Gasteiger charge is -2.08. The molecule has 2 heterocycles. The Labute approximate surface area is 178 Å².